The molecule has 1 aromatic carbocycles. The van der Waals surface area contributed by atoms with Crippen LogP contribution in [-0.4, -0.2) is 64.6 Å². The molecule has 186 valence electrons. The zero-order valence-corrected chi connectivity index (χ0v) is 21.0. The molecule has 0 radical (unpaired) electrons. The summed E-state index contributed by atoms with van der Waals surface area (Å²) in [6.07, 6.45) is 2.43. The normalized spacial score (nSPS) is 24.1. The second-order valence-corrected chi connectivity index (χ2v) is 10.3. The Kier molecular flexibility index (Phi) is 6.55. The number of benzene rings is 1. The Morgan fingerprint density at radius 2 is 1.89 bits per heavy atom. The third-order valence-corrected chi connectivity index (χ3v) is 7.36. The van der Waals surface area contributed by atoms with Crippen LogP contribution in [0.4, 0.5) is 16.4 Å². The van der Waals surface area contributed by atoms with Gasteiger partial charge in [-0.15, -0.1) is 0 Å². The summed E-state index contributed by atoms with van der Waals surface area (Å²) in [6, 6.07) is 8.06. The van der Waals surface area contributed by atoms with Gasteiger partial charge in [-0.3, -0.25) is 10.1 Å². The van der Waals surface area contributed by atoms with E-state index < -0.39 is 12.2 Å². The van der Waals surface area contributed by atoms with Crippen molar-refractivity contribution in [3.05, 3.63) is 46.7 Å². The number of carbonyl (C=O) groups is 2. The lowest BCUT2D eigenvalue weighted by Gasteiger charge is -2.44. The van der Waals surface area contributed by atoms with Crippen LogP contribution in [0.2, 0.25) is 5.02 Å². The molecule has 4 heterocycles. The number of halogens is 1. The lowest BCUT2D eigenvalue weighted by atomic mass is 9.95. The predicted octanol–water partition coefficient (Wildman–Crippen LogP) is 3.71. The maximum Gasteiger partial charge on any atom is 0.413 e. The molecule has 0 saturated carbocycles. The molecule has 2 N–H and O–H groups in total. The van der Waals surface area contributed by atoms with E-state index in [0.29, 0.717) is 30.5 Å². The fourth-order valence-electron chi connectivity index (χ4n) is 5.47. The molecule has 10 heteroatoms. The van der Waals surface area contributed by atoms with E-state index in [1.54, 1.807) is 0 Å². The van der Waals surface area contributed by atoms with Gasteiger partial charge in [0.25, 0.3) is 0 Å². The van der Waals surface area contributed by atoms with Crippen LogP contribution in [0, 0.1) is 0 Å². The van der Waals surface area contributed by atoms with Crippen molar-refractivity contribution in [2.24, 2.45) is 0 Å². The molecule has 2 fully saturated rings. The fourth-order valence-corrected chi connectivity index (χ4v) is 5.60. The first-order valence-corrected chi connectivity index (χ1v) is 12.6. The van der Waals surface area contributed by atoms with Crippen LogP contribution in [0.3, 0.4) is 0 Å². The number of ether oxygens (including phenoxy) is 1. The Bertz CT molecular complexity index is 1100. The number of aromatic nitrogens is 2. The van der Waals surface area contributed by atoms with Crippen molar-refractivity contribution < 1.29 is 14.3 Å². The first-order chi connectivity index (χ1) is 16.8. The van der Waals surface area contributed by atoms with Gasteiger partial charge in [0.05, 0.1) is 11.5 Å². The zero-order chi connectivity index (χ0) is 24.7. The largest absolute Gasteiger partial charge is 0.441 e. The van der Waals surface area contributed by atoms with Gasteiger partial charge in [0, 0.05) is 42.8 Å². The lowest BCUT2D eigenvalue weighted by molar-refractivity contribution is -0.136. The maximum atomic E-state index is 14.0. The standard InChI is InChI=1S/C25H31ClN6O3/c1-14(2)27-10-20(16-4-6-17(26)7-5-16)24(33)32-18-8-9-19(32)12-31(11-18)23-21-15(3)35-25(34)30-22(21)28-13-29-23/h4-7,13-15,18-20,27H,8-12H2,1-3H3,(H,28,29,30,34)/t15-,18?,19?,20+/m0/s1. The number of hydrogen-bond acceptors (Lipinski definition) is 7. The highest BCUT2D eigenvalue weighted by molar-refractivity contribution is 6.30. The molecule has 3 aliphatic heterocycles. The van der Waals surface area contributed by atoms with E-state index in [2.05, 4.69) is 44.2 Å². The molecule has 2 saturated heterocycles. The second-order valence-electron chi connectivity index (χ2n) is 9.83. The van der Waals surface area contributed by atoms with E-state index in [-0.39, 0.29) is 30.0 Å². The molecular weight excluding hydrogens is 468 g/mol. The van der Waals surface area contributed by atoms with Crippen molar-refractivity contribution in [2.75, 3.05) is 29.9 Å². The molecule has 1 aromatic heterocycles. The van der Waals surface area contributed by atoms with Gasteiger partial charge in [0.15, 0.2) is 0 Å². The Hall–Kier alpha value is -2.91. The SMILES string of the molecule is CC(C)NC[C@@H](C(=O)N1C2CCC1CN(c1ncnc3c1[C@H](C)OC(=O)N3)C2)c1ccc(Cl)cc1. The van der Waals surface area contributed by atoms with E-state index in [1.807, 2.05) is 31.2 Å². The van der Waals surface area contributed by atoms with Crippen LogP contribution in [-0.2, 0) is 9.53 Å². The summed E-state index contributed by atoms with van der Waals surface area (Å²) >= 11 is 6.11. The van der Waals surface area contributed by atoms with E-state index in [1.165, 1.54) is 6.33 Å². The van der Waals surface area contributed by atoms with Crippen molar-refractivity contribution in [1.29, 1.82) is 0 Å². The quantitative estimate of drug-likeness (QED) is 0.626. The van der Waals surface area contributed by atoms with Crippen LogP contribution in [0.15, 0.2) is 30.6 Å². The van der Waals surface area contributed by atoms with Gasteiger partial charge >= 0.3 is 6.09 Å². The Labute approximate surface area is 210 Å². The molecule has 35 heavy (non-hydrogen) atoms. The molecule has 0 spiro atoms. The van der Waals surface area contributed by atoms with E-state index in [0.717, 1.165) is 29.8 Å². The molecule has 2 bridgehead atoms. The van der Waals surface area contributed by atoms with Crippen LogP contribution in [0.25, 0.3) is 0 Å². The highest BCUT2D eigenvalue weighted by atomic mass is 35.5. The monoisotopic (exact) mass is 498 g/mol. The fraction of sp³-hybridized carbons (Fsp3) is 0.520. The maximum absolute atomic E-state index is 14.0. The highest BCUT2D eigenvalue weighted by Gasteiger charge is 2.45. The number of nitrogens with one attached hydrogen (secondary N) is 2. The summed E-state index contributed by atoms with van der Waals surface area (Å²) in [5.41, 5.74) is 1.76. The Morgan fingerprint density at radius 1 is 1.20 bits per heavy atom. The molecule has 2 unspecified atom stereocenters. The Morgan fingerprint density at radius 3 is 2.54 bits per heavy atom. The first-order valence-electron chi connectivity index (χ1n) is 12.2. The zero-order valence-electron chi connectivity index (χ0n) is 20.2. The summed E-state index contributed by atoms with van der Waals surface area (Å²) in [5.74, 6) is 1.13. The minimum Gasteiger partial charge on any atom is -0.441 e. The van der Waals surface area contributed by atoms with Crippen molar-refractivity contribution in [3.8, 4) is 0 Å². The molecule has 2 amide bonds. The van der Waals surface area contributed by atoms with Gasteiger partial charge in [-0.2, -0.15) is 0 Å². The summed E-state index contributed by atoms with van der Waals surface area (Å²) in [7, 11) is 0. The molecule has 2 aromatic rings. The lowest BCUT2D eigenvalue weighted by Crippen LogP contribution is -2.58. The van der Waals surface area contributed by atoms with Crippen LogP contribution in [0.1, 0.15) is 56.8 Å². The summed E-state index contributed by atoms with van der Waals surface area (Å²) < 4.78 is 5.37. The van der Waals surface area contributed by atoms with Gasteiger partial charge in [-0.25, -0.2) is 14.8 Å². The third-order valence-electron chi connectivity index (χ3n) is 7.11. The molecule has 9 nitrogen and oxygen atoms in total. The molecule has 3 aliphatic rings. The first kappa shape index (κ1) is 23.8. The number of carbonyl (C=O) groups excluding carboxylic acids is 2. The summed E-state index contributed by atoms with van der Waals surface area (Å²) in [6.45, 7) is 7.93. The van der Waals surface area contributed by atoms with Crippen LogP contribution >= 0.6 is 11.6 Å². The van der Waals surface area contributed by atoms with E-state index in [9.17, 15) is 9.59 Å². The molecule has 0 aliphatic carbocycles. The average molecular weight is 499 g/mol. The third kappa shape index (κ3) is 4.67. The second kappa shape index (κ2) is 9.62. The molecular formula is C25H31ClN6O3. The number of cyclic esters (lactones) is 1. The summed E-state index contributed by atoms with van der Waals surface area (Å²) in [5, 5.41) is 6.79. The van der Waals surface area contributed by atoms with E-state index >= 15 is 0 Å². The number of rotatable bonds is 6. The van der Waals surface area contributed by atoms with Crippen molar-refractivity contribution in [3.63, 3.8) is 0 Å². The number of piperazine rings is 1. The number of amides is 2. The van der Waals surface area contributed by atoms with Crippen molar-refractivity contribution in [2.45, 2.75) is 63.8 Å². The predicted molar refractivity (Wildman–Crippen MR) is 134 cm³/mol. The van der Waals surface area contributed by atoms with E-state index in [4.69, 9.17) is 16.3 Å². The minimum absolute atomic E-state index is 0.0927. The molecule has 4 atom stereocenters. The smallest absolute Gasteiger partial charge is 0.413 e. The number of anilines is 2. The number of hydrogen-bond donors (Lipinski definition) is 2. The topological polar surface area (TPSA) is 99.7 Å². The molecule has 5 rings (SSSR count). The van der Waals surface area contributed by atoms with Crippen LogP contribution in [0.5, 0.6) is 0 Å². The van der Waals surface area contributed by atoms with Gasteiger partial charge in [0.2, 0.25) is 5.91 Å². The number of fused-ring (bicyclic) bond motifs is 3. The van der Waals surface area contributed by atoms with Gasteiger partial charge < -0.3 is 19.9 Å². The van der Waals surface area contributed by atoms with Gasteiger partial charge in [-0.05, 0) is 37.5 Å². The van der Waals surface area contributed by atoms with Crippen LogP contribution < -0.4 is 15.5 Å². The number of nitrogens with zero attached hydrogens (tertiary/aromatic N) is 4. The van der Waals surface area contributed by atoms with Crippen molar-refractivity contribution in [1.82, 2.24) is 20.2 Å². The van der Waals surface area contributed by atoms with Gasteiger partial charge in [0.1, 0.15) is 24.1 Å². The Balaban J connectivity index is 1.39. The average Bonchev–Trinajstić information content (AvgIpc) is 3.08. The van der Waals surface area contributed by atoms with Crippen molar-refractivity contribution >= 4 is 35.2 Å². The highest BCUT2D eigenvalue weighted by Crippen LogP contribution is 2.40. The minimum atomic E-state index is -0.506. The van der Waals surface area contributed by atoms with Gasteiger partial charge in [-0.1, -0.05) is 37.6 Å². The summed E-state index contributed by atoms with van der Waals surface area (Å²) in [4.78, 5) is 38.9.